The van der Waals surface area contributed by atoms with Gasteiger partial charge in [0, 0.05) is 47.7 Å². The number of nitrogens with one attached hydrogen (secondary N) is 2. The fourth-order valence-electron chi connectivity index (χ4n) is 4.48. The molecule has 8 nitrogen and oxygen atoms in total. The van der Waals surface area contributed by atoms with Crippen LogP contribution in [0, 0.1) is 6.92 Å². The summed E-state index contributed by atoms with van der Waals surface area (Å²) in [4.78, 5) is 36.5. The summed E-state index contributed by atoms with van der Waals surface area (Å²) >= 11 is 1.51. The summed E-state index contributed by atoms with van der Waals surface area (Å²) in [5, 5.41) is 20.7. The molecule has 3 N–H and O–H groups in total. The quantitative estimate of drug-likeness (QED) is 0.247. The minimum Gasteiger partial charge on any atom is -0.389 e. The Balaban J connectivity index is 1.45. The molecule has 2 aromatic carbocycles. The predicted octanol–water partition coefficient (Wildman–Crippen LogP) is 4.69. The Morgan fingerprint density at radius 3 is 2.40 bits per heavy atom. The molecule has 2 amide bonds. The number of rotatable bonds is 11. The lowest BCUT2D eigenvalue weighted by molar-refractivity contribution is 0.0721. The lowest BCUT2D eigenvalue weighted by Gasteiger charge is -2.32. The maximum absolute atomic E-state index is 13.2. The van der Waals surface area contributed by atoms with E-state index >= 15 is 0 Å². The fourth-order valence-corrected chi connectivity index (χ4v) is 5.30. The molecule has 0 fully saturated rings. The molecule has 0 saturated carbocycles. The van der Waals surface area contributed by atoms with E-state index in [4.69, 9.17) is 0 Å². The van der Waals surface area contributed by atoms with Crippen LogP contribution in [-0.4, -0.2) is 51.0 Å². The molecule has 2 heterocycles. The van der Waals surface area contributed by atoms with Gasteiger partial charge in [-0.3, -0.25) is 14.6 Å². The summed E-state index contributed by atoms with van der Waals surface area (Å²) in [7, 11) is 1.72. The molecule has 4 atom stereocenters. The van der Waals surface area contributed by atoms with E-state index in [1.54, 1.807) is 55.5 Å². The number of nitrogens with zero attached hydrogens (tertiary/aromatic N) is 3. The molecule has 4 aromatic rings. The number of pyridine rings is 1. The normalized spacial score (nSPS) is 14.1. The highest BCUT2D eigenvalue weighted by molar-refractivity contribution is 7.09. The fraction of sp³-hybridized carbons (Fsp3) is 0.290. The second kappa shape index (κ2) is 13.4. The molecule has 0 spiro atoms. The summed E-state index contributed by atoms with van der Waals surface area (Å²) in [6, 6.07) is 19.0. The minimum atomic E-state index is -0.942. The first kappa shape index (κ1) is 29.1. The number of amides is 2. The van der Waals surface area contributed by atoms with Crippen molar-refractivity contribution in [2.75, 3.05) is 7.05 Å². The van der Waals surface area contributed by atoms with Gasteiger partial charge in [0.05, 0.1) is 24.7 Å². The standard InChI is InChI=1S/C31H35N5O3S/c1-20-19-40-27(33-20)18-36(4)31(39)25-13-8-12-24(16-25)30(38)35-22(3)29(37)28(23-10-6-5-7-11-23)34-21(2)26-14-9-15-32-17-26/h5-17,19,21-22,28-29,34,37H,18H2,1-4H3,(H,35,38). The average Bonchev–Trinajstić information content (AvgIpc) is 3.39. The number of aliphatic hydroxyl groups excluding tert-OH is 1. The van der Waals surface area contributed by atoms with Gasteiger partial charge in [0.25, 0.3) is 11.8 Å². The van der Waals surface area contributed by atoms with Crippen molar-refractivity contribution >= 4 is 23.2 Å². The van der Waals surface area contributed by atoms with Crippen LogP contribution in [-0.2, 0) is 6.54 Å². The zero-order valence-electron chi connectivity index (χ0n) is 23.1. The maximum atomic E-state index is 13.2. The van der Waals surface area contributed by atoms with Gasteiger partial charge < -0.3 is 20.6 Å². The molecule has 4 rings (SSSR count). The first-order valence-electron chi connectivity index (χ1n) is 13.2. The van der Waals surface area contributed by atoms with Crippen molar-refractivity contribution in [2.24, 2.45) is 0 Å². The molecule has 40 heavy (non-hydrogen) atoms. The van der Waals surface area contributed by atoms with Crippen molar-refractivity contribution < 1.29 is 14.7 Å². The molecule has 0 radical (unpaired) electrons. The number of aryl methyl sites for hydroxylation is 1. The Bertz CT molecular complexity index is 1410. The van der Waals surface area contributed by atoms with Crippen molar-refractivity contribution in [2.45, 2.75) is 51.5 Å². The summed E-state index contributed by atoms with van der Waals surface area (Å²) in [5.41, 5.74) is 3.57. The molecule has 4 unspecified atom stereocenters. The number of thiazole rings is 1. The van der Waals surface area contributed by atoms with E-state index in [0.717, 1.165) is 21.8 Å². The Morgan fingerprint density at radius 2 is 1.73 bits per heavy atom. The van der Waals surface area contributed by atoms with E-state index in [1.165, 1.54) is 11.3 Å². The van der Waals surface area contributed by atoms with Gasteiger partial charge in [0.2, 0.25) is 0 Å². The summed E-state index contributed by atoms with van der Waals surface area (Å²) < 4.78 is 0. The van der Waals surface area contributed by atoms with Gasteiger partial charge in [-0.25, -0.2) is 4.98 Å². The largest absolute Gasteiger partial charge is 0.389 e. The number of hydrogen-bond acceptors (Lipinski definition) is 7. The third-order valence-corrected chi connectivity index (χ3v) is 7.69. The summed E-state index contributed by atoms with van der Waals surface area (Å²) in [5.74, 6) is -0.570. The topological polar surface area (TPSA) is 107 Å². The van der Waals surface area contributed by atoms with E-state index in [2.05, 4.69) is 20.6 Å². The van der Waals surface area contributed by atoms with Crippen LogP contribution in [0.25, 0.3) is 0 Å². The molecule has 0 bridgehead atoms. The van der Waals surface area contributed by atoms with Crippen molar-refractivity contribution in [3.63, 3.8) is 0 Å². The van der Waals surface area contributed by atoms with E-state index in [-0.39, 0.29) is 17.9 Å². The van der Waals surface area contributed by atoms with E-state index < -0.39 is 18.2 Å². The highest BCUT2D eigenvalue weighted by atomic mass is 32.1. The Hall–Kier alpha value is -3.92. The number of carbonyl (C=O) groups is 2. The smallest absolute Gasteiger partial charge is 0.253 e. The maximum Gasteiger partial charge on any atom is 0.253 e. The lowest BCUT2D eigenvalue weighted by atomic mass is 9.95. The van der Waals surface area contributed by atoms with Crippen molar-refractivity contribution in [1.82, 2.24) is 25.5 Å². The second-order valence-corrected chi connectivity index (χ2v) is 10.9. The number of hydrogen-bond donors (Lipinski definition) is 3. The molecule has 2 aromatic heterocycles. The molecular formula is C31H35N5O3S. The third kappa shape index (κ3) is 7.38. The van der Waals surface area contributed by atoms with Gasteiger partial charge in [0.1, 0.15) is 5.01 Å². The third-order valence-electron chi connectivity index (χ3n) is 6.74. The highest BCUT2D eigenvalue weighted by Gasteiger charge is 2.29. The SMILES string of the molecule is Cc1csc(CN(C)C(=O)c2cccc(C(=O)NC(C)C(O)C(NC(C)c3cccnc3)c3ccccc3)c2)n1. The number of aliphatic hydroxyl groups is 1. The van der Waals surface area contributed by atoms with Crippen LogP contribution >= 0.6 is 11.3 Å². The van der Waals surface area contributed by atoms with Crippen LogP contribution in [0.3, 0.4) is 0 Å². The number of carbonyl (C=O) groups excluding carboxylic acids is 2. The molecule has 208 valence electrons. The number of aromatic nitrogens is 2. The van der Waals surface area contributed by atoms with Crippen LogP contribution in [0.15, 0.2) is 84.5 Å². The summed E-state index contributed by atoms with van der Waals surface area (Å²) in [6.45, 7) is 6.09. The first-order valence-corrected chi connectivity index (χ1v) is 14.1. The van der Waals surface area contributed by atoms with Crippen molar-refractivity contribution in [1.29, 1.82) is 0 Å². The molecule has 0 saturated heterocycles. The van der Waals surface area contributed by atoms with Crippen LogP contribution in [0.5, 0.6) is 0 Å². The van der Waals surface area contributed by atoms with Gasteiger partial charge in [0.15, 0.2) is 0 Å². The van der Waals surface area contributed by atoms with Crippen LogP contribution in [0.4, 0.5) is 0 Å². The Morgan fingerprint density at radius 1 is 1.00 bits per heavy atom. The van der Waals surface area contributed by atoms with Crippen LogP contribution in [0.1, 0.15) is 68.5 Å². The van der Waals surface area contributed by atoms with E-state index in [9.17, 15) is 14.7 Å². The molecule has 9 heteroatoms. The predicted molar refractivity (Wildman–Crippen MR) is 157 cm³/mol. The van der Waals surface area contributed by atoms with Crippen molar-refractivity contribution in [3.05, 3.63) is 117 Å². The summed E-state index contributed by atoms with van der Waals surface area (Å²) in [6.07, 6.45) is 2.57. The molecule has 0 aliphatic rings. The van der Waals surface area contributed by atoms with E-state index in [1.807, 2.05) is 61.7 Å². The first-order chi connectivity index (χ1) is 19.2. The lowest BCUT2D eigenvalue weighted by Crippen LogP contribution is -2.47. The Labute approximate surface area is 239 Å². The molecule has 0 aliphatic carbocycles. The zero-order chi connectivity index (χ0) is 28.6. The average molecular weight is 558 g/mol. The number of benzene rings is 2. The van der Waals surface area contributed by atoms with Gasteiger partial charge in [-0.1, -0.05) is 42.5 Å². The zero-order valence-corrected chi connectivity index (χ0v) is 23.9. The second-order valence-electron chi connectivity index (χ2n) is 9.94. The van der Waals surface area contributed by atoms with Gasteiger partial charge in [-0.2, -0.15) is 0 Å². The Kier molecular flexibility index (Phi) is 9.76. The molecule has 0 aliphatic heterocycles. The van der Waals surface area contributed by atoms with Gasteiger partial charge >= 0.3 is 0 Å². The molecular weight excluding hydrogens is 522 g/mol. The van der Waals surface area contributed by atoms with E-state index in [0.29, 0.717) is 17.7 Å². The monoisotopic (exact) mass is 557 g/mol. The minimum absolute atomic E-state index is 0.0931. The van der Waals surface area contributed by atoms with Crippen LogP contribution < -0.4 is 10.6 Å². The van der Waals surface area contributed by atoms with Gasteiger partial charge in [-0.15, -0.1) is 11.3 Å². The van der Waals surface area contributed by atoms with Crippen molar-refractivity contribution in [3.8, 4) is 0 Å². The van der Waals surface area contributed by atoms with Gasteiger partial charge in [-0.05, 0) is 56.2 Å². The van der Waals surface area contributed by atoms with Crippen LogP contribution in [0.2, 0.25) is 0 Å². The highest BCUT2D eigenvalue weighted by Crippen LogP contribution is 2.24.